The first-order chi connectivity index (χ1) is 19.8. The number of halogens is 2. The molecule has 6 heterocycles. The number of fused-ring (bicyclic) bond motifs is 3. The van der Waals surface area contributed by atoms with Gasteiger partial charge in [-0.3, -0.25) is 9.88 Å². The zero-order valence-corrected chi connectivity index (χ0v) is 25.2. The Morgan fingerprint density at radius 2 is 2.20 bits per heavy atom. The van der Waals surface area contributed by atoms with Gasteiger partial charge in [-0.25, -0.2) is 14.2 Å². The van der Waals surface area contributed by atoms with Crippen LogP contribution < -0.4 is 14.8 Å². The van der Waals surface area contributed by atoms with E-state index in [9.17, 15) is 9.90 Å². The highest BCUT2D eigenvalue weighted by Crippen LogP contribution is 2.46. The third-order valence-electron chi connectivity index (χ3n) is 9.34. The van der Waals surface area contributed by atoms with Gasteiger partial charge in [0.2, 0.25) is 5.88 Å². The molecule has 2 aromatic heterocycles. The van der Waals surface area contributed by atoms with Crippen molar-refractivity contribution < 1.29 is 23.8 Å². The summed E-state index contributed by atoms with van der Waals surface area (Å²) in [6.45, 7) is 4.15. The van der Waals surface area contributed by atoms with E-state index in [2.05, 4.69) is 44.8 Å². The van der Waals surface area contributed by atoms with Crippen molar-refractivity contribution in [3.63, 3.8) is 0 Å². The second kappa shape index (κ2) is 10.4. The summed E-state index contributed by atoms with van der Waals surface area (Å²) in [5.41, 5.74) is 2.74. The van der Waals surface area contributed by atoms with Crippen LogP contribution >= 0.6 is 22.6 Å². The van der Waals surface area contributed by atoms with Crippen molar-refractivity contribution in [1.82, 2.24) is 19.8 Å². The fraction of sp³-hybridized carbons (Fsp3) is 0.500. The SMILES string of the molecule is CC(Oc1nc2c(F)c(-c3cccc4c3OCCC4)ncc2c(N[C@H]2[C@@H]3C[C@H]2N(C(=O)O)C3)c1I)[C@@H]1CCCN1C. The van der Waals surface area contributed by atoms with Crippen LogP contribution in [-0.4, -0.2) is 81.9 Å². The first-order valence-corrected chi connectivity index (χ1v) is 15.5. The highest BCUT2D eigenvalue weighted by molar-refractivity contribution is 14.1. The molecule has 1 aromatic carbocycles. The zero-order chi connectivity index (χ0) is 28.4. The van der Waals surface area contributed by atoms with Crippen LogP contribution in [0.5, 0.6) is 11.6 Å². The predicted molar refractivity (Wildman–Crippen MR) is 161 cm³/mol. The Labute approximate surface area is 251 Å². The Kier molecular flexibility index (Phi) is 6.84. The highest BCUT2D eigenvalue weighted by atomic mass is 127. The molecule has 2 N–H and O–H groups in total. The maximum absolute atomic E-state index is 16.5. The molecule has 1 aliphatic carbocycles. The second-order valence-electron chi connectivity index (χ2n) is 11.7. The Morgan fingerprint density at radius 3 is 2.95 bits per heavy atom. The molecule has 41 heavy (non-hydrogen) atoms. The quantitative estimate of drug-likeness (QED) is 0.337. The van der Waals surface area contributed by atoms with E-state index < -0.39 is 11.9 Å². The predicted octanol–water partition coefficient (Wildman–Crippen LogP) is 5.39. The fourth-order valence-electron chi connectivity index (χ4n) is 7.13. The number of hydrogen-bond donors (Lipinski definition) is 2. The number of carboxylic acid groups (broad SMARTS) is 1. The molecule has 3 saturated heterocycles. The normalized spacial score (nSPS) is 25.9. The van der Waals surface area contributed by atoms with Gasteiger partial charge in [0.25, 0.3) is 0 Å². The lowest BCUT2D eigenvalue weighted by Gasteiger charge is -2.37. The molecule has 11 heteroatoms. The number of likely N-dealkylation sites (tertiary alicyclic amines) is 1. The standard InChI is InChI=1S/C30H33FIN5O4/c1-15(20-9-4-10-36(20)2)41-29-23(32)27(34-24-17-12-21(24)37(14-17)30(38)39)19-13-33-25(22(31)26(19)35-29)18-8-3-6-16-7-5-11-40-28(16)18/h3,6,8,13,15,17,20-21,24H,4-5,7,9-12,14H2,1-2H3,(H,34,35)(H,38,39)/t15?,17-,20+,21-,24+/m1/s1. The maximum atomic E-state index is 16.5. The van der Waals surface area contributed by atoms with Gasteiger partial charge in [0.05, 0.1) is 27.9 Å². The molecule has 2 bridgehead atoms. The van der Waals surface area contributed by atoms with Crippen LogP contribution in [0.25, 0.3) is 22.2 Å². The van der Waals surface area contributed by atoms with Crippen LogP contribution in [0.1, 0.15) is 38.2 Å². The summed E-state index contributed by atoms with van der Waals surface area (Å²) in [4.78, 5) is 24.9. The fourth-order valence-corrected chi connectivity index (χ4v) is 7.83. The van der Waals surface area contributed by atoms with E-state index in [1.807, 2.05) is 25.1 Å². The van der Waals surface area contributed by atoms with Gasteiger partial charge >= 0.3 is 6.09 Å². The van der Waals surface area contributed by atoms with Gasteiger partial charge in [0.15, 0.2) is 5.82 Å². The Balaban J connectivity index is 1.33. The van der Waals surface area contributed by atoms with E-state index in [0.717, 1.165) is 47.8 Å². The van der Waals surface area contributed by atoms with Gasteiger partial charge in [0.1, 0.15) is 23.1 Å². The smallest absolute Gasteiger partial charge is 0.407 e. The van der Waals surface area contributed by atoms with Crippen molar-refractivity contribution in [3.05, 3.63) is 39.3 Å². The van der Waals surface area contributed by atoms with E-state index >= 15 is 4.39 Å². The van der Waals surface area contributed by atoms with Gasteiger partial charge in [-0.2, -0.15) is 0 Å². The minimum Gasteiger partial charge on any atom is -0.493 e. The number of pyridine rings is 2. The molecule has 5 atom stereocenters. The van der Waals surface area contributed by atoms with Crippen molar-refractivity contribution in [2.75, 3.05) is 32.1 Å². The molecule has 1 saturated carbocycles. The molecule has 1 unspecified atom stereocenters. The summed E-state index contributed by atoms with van der Waals surface area (Å²) in [5, 5.41) is 13.8. The van der Waals surface area contributed by atoms with Gasteiger partial charge in [-0.15, -0.1) is 0 Å². The summed E-state index contributed by atoms with van der Waals surface area (Å²) < 4.78 is 29.7. The summed E-state index contributed by atoms with van der Waals surface area (Å²) >= 11 is 2.21. The van der Waals surface area contributed by atoms with Gasteiger partial charge in [-0.05, 0) is 86.8 Å². The molecular formula is C30H33FIN5O4. The minimum atomic E-state index is -0.902. The second-order valence-corrected chi connectivity index (χ2v) is 12.8. The largest absolute Gasteiger partial charge is 0.493 e. The molecular weight excluding hydrogens is 640 g/mol. The van der Waals surface area contributed by atoms with Crippen LogP contribution in [-0.2, 0) is 6.42 Å². The highest BCUT2D eigenvalue weighted by Gasteiger charge is 2.54. The number of amides is 1. The number of nitrogens with one attached hydrogen (secondary N) is 1. The summed E-state index contributed by atoms with van der Waals surface area (Å²) in [6, 6.07) is 5.84. The Bertz CT molecular complexity index is 1540. The van der Waals surface area contributed by atoms with E-state index in [1.165, 1.54) is 4.90 Å². The number of nitrogens with zero attached hydrogens (tertiary/aromatic N) is 4. The van der Waals surface area contributed by atoms with Crippen LogP contribution in [0.15, 0.2) is 24.4 Å². The third-order valence-corrected chi connectivity index (χ3v) is 10.3. The number of carbonyl (C=O) groups is 1. The lowest BCUT2D eigenvalue weighted by Crippen LogP contribution is -2.49. The molecule has 8 rings (SSSR count). The zero-order valence-electron chi connectivity index (χ0n) is 23.1. The number of likely N-dealkylation sites (N-methyl/N-ethyl adjacent to an activating group) is 1. The lowest BCUT2D eigenvalue weighted by molar-refractivity contribution is 0.116. The number of aromatic nitrogens is 2. The average Bonchev–Trinajstić information content (AvgIpc) is 3.69. The van der Waals surface area contributed by atoms with E-state index in [4.69, 9.17) is 14.5 Å². The molecule has 0 spiro atoms. The number of benzene rings is 1. The van der Waals surface area contributed by atoms with Crippen LogP contribution in [0.2, 0.25) is 0 Å². The molecule has 3 aromatic rings. The summed E-state index contributed by atoms with van der Waals surface area (Å²) in [7, 11) is 2.10. The van der Waals surface area contributed by atoms with Crippen molar-refractivity contribution in [1.29, 1.82) is 0 Å². The topological polar surface area (TPSA) is 100 Å². The summed E-state index contributed by atoms with van der Waals surface area (Å²) in [6.07, 6.45) is 5.40. The number of aryl methyl sites for hydroxylation is 1. The number of anilines is 1. The van der Waals surface area contributed by atoms with Gasteiger partial charge in [0, 0.05) is 35.7 Å². The Morgan fingerprint density at radius 1 is 1.34 bits per heavy atom. The Hall–Kier alpha value is -2.93. The van der Waals surface area contributed by atoms with E-state index in [-0.39, 0.29) is 41.4 Å². The van der Waals surface area contributed by atoms with Crippen LogP contribution in [0, 0.1) is 15.3 Å². The van der Waals surface area contributed by atoms with Crippen LogP contribution in [0.4, 0.5) is 14.9 Å². The van der Waals surface area contributed by atoms with E-state index in [1.54, 1.807) is 6.20 Å². The first kappa shape index (κ1) is 26.9. The molecule has 9 nitrogen and oxygen atoms in total. The van der Waals surface area contributed by atoms with Crippen LogP contribution in [0.3, 0.4) is 0 Å². The maximum Gasteiger partial charge on any atom is 0.407 e. The number of ether oxygens (including phenoxy) is 2. The van der Waals surface area contributed by atoms with Gasteiger partial charge < -0.3 is 24.8 Å². The third kappa shape index (κ3) is 4.46. The summed E-state index contributed by atoms with van der Waals surface area (Å²) in [5.74, 6) is 0.736. The molecule has 4 aliphatic heterocycles. The molecule has 5 aliphatic rings. The number of rotatable bonds is 6. The molecule has 216 valence electrons. The van der Waals surface area contributed by atoms with E-state index in [0.29, 0.717) is 41.4 Å². The number of para-hydroxylation sites is 1. The monoisotopic (exact) mass is 673 g/mol. The van der Waals surface area contributed by atoms with Gasteiger partial charge in [-0.1, -0.05) is 12.1 Å². The van der Waals surface area contributed by atoms with Crippen molar-refractivity contribution in [2.24, 2.45) is 5.92 Å². The molecule has 0 radical (unpaired) electrons. The molecule has 4 fully saturated rings. The first-order valence-electron chi connectivity index (χ1n) is 14.4. The molecule has 1 amide bonds. The van der Waals surface area contributed by atoms with Crippen molar-refractivity contribution in [3.8, 4) is 22.9 Å². The van der Waals surface area contributed by atoms with Crippen molar-refractivity contribution in [2.45, 2.75) is 63.3 Å². The number of hydrogen-bond acceptors (Lipinski definition) is 7. The minimum absolute atomic E-state index is 0.0614. The van der Waals surface area contributed by atoms with Crippen molar-refractivity contribution >= 4 is 45.3 Å². The lowest BCUT2D eigenvalue weighted by atomic mass is 9.80. The average molecular weight is 674 g/mol.